The molecule has 2 aromatic rings. The molecule has 0 saturated carbocycles. The summed E-state index contributed by atoms with van der Waals surface area (Å²) in [6.45, 7) is 5.16. The molecule has 0 aliphatic carbocycles. The fraction of sp³-hybridized carbons (Fsp3) is 0.211. The van der Waals surface area contributed by atoms with Crippen molar-refractivity contribution in [3.05, 3.63) is 71.8 Å². The molecule has 2 aromatic carbocycles. The molecule has 0 aromatic heterocycles. The number of hydrogen-bond donors (Lipinski definition) is 0. The van der Waals surface area contributed by atoms with Crippen LogP contribution in [0.3, 0.4) is 0 Å². The Labute approximate surface area is 136 Å². The first-order valence-corrected chi connectivity index (χ1v) is 7.82. The maximum absolute atomic E-state index is 12.4. The Hall–Kier alpha value is -2.06. The van der Waals surface area contributed by atoms with Crippen LogP contribution in [0.1, 0.15) is 17.9 Å². The Bertz CT molecular complexity index is 676. The molecule has 1 saturated heterocycles. The molecular weight excluding hydrogens is 294 g/mol. The lowest BCUT2D eigenvalue weighted by Crippen LogP contribution is -2.26. The first-order valence-electron chi connectivity index (χ1n) is 7.44. The highest BCUT2D eigenvalue weighted by Crippen LogP contribution is 2.30. The van der Waals surface area contributed by atoms with Gasteiger partial charge in [-0.3, -0.25) is 4.79 Å². The maximum atomic E-state index is 12.4. The summed E-state index contributed by atoms with van der Waals surface area (Å²) in [6, 6.07) is 16.0. The van der Waals surface area contributed by atoms with Crippen molar-refractivity contribution in [2.45, 2.75) is 12.3 Å². The van der Waals surface area contributed by atoms with Crippen molar-refractivity contribution in [3.63, 3.8) is 0 Å². The van der Waals surface area contributed by atoms with Gasteiger partial charge in [-0.05, 0) is 35.2 Å². The average Bonchev–Trinajstić information content (AvgIpc) is 2.90. The number of hydrogen-bond acceptors (Lipinski definition) is 1. The van der Waals surface area contributed by atoms with Crippen LogP contribution in [0.15, 0.2) is 61.2 Å². The van der Waals surface area contributed by atoms with Gasteiger partial charge < -0.3 is 4.90 Å². The van der Waals surface area contributed by atoms with Crippen LogP contribution < -0.4 is 0 Å². The van der Waals surface area contributed by atoms with Crippen molar-refractivity contribution in [3.8, 4) is 11.1 Å². The molecule has 1 atom stereocenters. The van der Waals surface area contributed by atoms with Crippen molar-refractivity contribution < 1.29 is 4.79 Å². The third kappa shape index (κ3) is 2.93. The van der Waals surface area contributed by atoms with Crippen LogP contribution in [0.5, 0.6) is 0 Å². The van der Waals surface area contributed by atoms with E-state index in [0.29, 0.717) is 6.54 Å². The number of amides is 1. The summed E-state index contributed by atoms with van der Waals surface area (Å²) in [5, 5.41) is 0.735. The van der Waals surface area contributed by atoms with Crippen LogP contribution in [-0.4, -0.2) is 23.9 Å². The standard InChI is InChI=1S/C19H18ClNO/c1-2-12-21-13-11-18(19(21)22)16-5-3-14(4-6-16)15-7-9-17(20)10-8-15/h2-10,18H,1,11-13H2. The SMILES string of the molecule is C=CCN1CCC(c2ccc(-c3ccc(Cl)cc3)cc2)C1=O. The summed E-state index contributed by atoms with van der Waals surface area (Å²) < 4.78 is 0. The maximum Gasteiger partial charge on any atom is 0.230 e. The molecule has 3 heteroatoms. The Kier molecular flexibility index (Phi) is 4.30. The molecule has 1 unspecified atom stereocenters. The van der Waals surface area contributed by atoms with Crippen LogP contribution in [0, 0.1) is 0 Å². The first-order chi connectivity index (χ1) is 10.7. The Morgan fingerprint density at radius 3 is 2.27 bits per heavy atom. The van der Waals surface area contributed by atoms with E-state index in [4.69, 9.17) is 11.6 Å². The molecule has 1 amide bonds. The summed E-state index contributed by atoms with van der Waals surface area (Å²) in [5.74, 6) is 0.193. The highest BCUT2D eigenvalue weighted by Gasteiger charge is 2.31. The third-order valence-corrected chi connectivity index (χ3v) is 4.39. The van der Waals surface area contributed by atoms with E-state index in [1.165, 1.54) is 0 Å². The molecule has 2 nitrogen and oxygen atoms in total. The summed E-state index contributed by atoms with van der Waals surface area (Å²) in [7, 11) is 0. The van der Waals surface area contributed by atoms with Gasteiger partial charge in [-0.15, -0.1) is 6.58 Å². The molecule has 3 rings (SSSR count). The minimum absolute atomic E-state index is 0.0146. The van der Waals surface area contributed by atoms with E-state index >= 15 is 0 Å². The number of halogens is 1. The minimum atomic E-state index is -0.0146. The van der Waals surface area contributed by atoms with Gasteiger partial charge in [0.25, 0.3) is 0 Å². The van der Waals surface area contributed by atoms with Gasteiger partial charge in [-0.2, -0.15) is 0 Å². The third-order valence-electron chi connectivity index (χ3n) is 4.14. The fourth-order valence-electron chi connectivity index (χ4n) is 2.94. The predicted octanol–water partition coefficient (Wildman–Crippen LogP) is 4.51. The van der Waals surface area contributed by atoms with Crippen molar-refractivity contribution in [1.29, 1.82) is 0 Å². The van der Waals surface area contributed by atoms with E-state index in [2.05, 4.69) is 30.8 Å². The molecule has 22 heavy (non-hydrogen) atoms. The first kappa shape index (κ1) is 14.9. The lowest BCUT2D eigenvalue weighted by molar-refractivity contribution is -0.128. The van der Waals surface area contributed by atoms with Gasteiger partial charge in [0.05, 0.1) is 5.92 Å². The molecule has 1 aliphatic rings. The van der Waals surface area contributed by atoms with Crippen LogP contribution in [0.2, 0.25) is 5.02 Å². The topological polar surface area (TPSA) is 20.3 Å². The van der Waals surface area contributed by atoms with Crippen LogP contribution in [-0.2, 0) is 4.79 Å². The van der Waals surface area contributed by atoms with Gasteiger partial charge in [0.1, 0.15) is 0 Å². The fourth-order valence-corrected chi connectivity index (χ4v) is 3.06. The van der Waals surface area contributed by atoms with Crippen molar-refractivity contribution in [1.82, 2.24) is 4.90 Å². The second kappa shape index (κ2) is 6.37. The highest BCUT2D eigenvalue weighted by atomic mass is 35.5. The van der Waals surface area contributed by atoms with Gasteiger partial charge in [0, 0.05) is 18.1 Å². The normalized spacial score (nSPS) is 17.8. The van der Waals surface area contributed by atoms with Crippen LogP contribution in [0.25, 0.3) is 11.1 Å². The van der Waals surface area contributed by atoms with Crippen molar-refractivity contribution >= 4 is 17.5 Å². The molecule has 112 valence electrons. The van der Waals surface area contributed by atoms with Gasteiger partial charge >= 0.3 is 0 Å². The van der Waals surface area contributed by atoms with Crippen LogP contribution in [0.4, 0.5) is 0 Å². The monoisotopic (exact) mass is 311 g/mol. The minimum Gasteiger partial charge on any atom is -0.338 e. The number of benzene rings is 2. The van der Waals surface area contributed by atoms with Gasteiger partial charge in [0.2, 0.25) is 5.91 Å². The molecule has 1 fully saturated rings. The van der Waals surface area contributed by atoms with E-state index in [9.17, 15) is 4.79 Å². The molecule has 0 radical (unpaired) electrons. The molecular formula is C19H18ClNO. The molecule has 0 spiro atoms. The summed E-state index contributed by atoms with van der Waals surface area (Å²) in [4.78, 5) is 14.2. The zero-order valence-electron chi connectivity index (χ0n) is 12.3. The highest BCUT2D eigenvalue weighted by molar-refractivity contribution is 6.30. The van der Waals surface area contributed by atoms with E-state index in [1.807, 2.05) is 29.2 Å². The second-order valence-electron chi connectivity index (χ2n) is 5.54. The number of carbonyl (C=O) groups is 1. The van der Waals surface area contributed by atoms with Crippen molar-refractivity contribution in [2.24, 2.45) is 0 Å². The average molecular weight is 312 g/mol. The van der Waals surface area contributed by atoms with E-state index in [0.717, 1.165) is 34.7 Å². The number of likely N-dealkylation sites (tertiary alicyclic amines) is 1. The number of rotatable bonds is 4. The Morgan fingerprint density at radius 1 is 1.09 bits per heavy atom. The molecule has 1 aliphatic heterocycles. The smallest absolute Gasteiger partial charge is 0.230 e. The summed E-state index contributed by atoms with van der Waals surface area (Å²) in [5.41, 5.74) is 3.35. The van der Waals surface area contributed by atoms with Crippen molar-refractivity contribution in [2.75, 3.05) is 13.1 Å². The van der Waals surface area contributed by atoms with Gasteiger partial charge in [-0.1, -0.05) is 54.1 Å². The van der Waals surface area contributed by atoms with Crippen LogP contribution >= 0.6 is 11.6 Å². The van der Waals surface area contributed by atoms with E-state index in [1.54, 1.807) is 6.08 Å². The lowest BCUT2D eigenvalue weighted by atomic mass is 9.95. The summed E-state index contributed by atoms with van der Waals surface area (Å²) >= 11 is 5.92. The molecule has 0 N–H and O–H groups in total. The quantitative estimate of drug-likeness (QED) is 0.761. The lowest BCUT2D eigenvalue weighted by Gasteiger charge is -2.14. The number of carbonyl (C=O) groups excluding carboxylic acids is 1. The van der Waals surface area contributed by atoms with Gasteiger partial charge in [-0.25, -0.2) is 0 Å². The van der Waals surface area contributed by atoms with E-state index in [-0.39, 0.29) is 11.8 Å². The molecule has 1 heterocycles. The second-order valence-corrected chi connectivity index (χ2v) is 5.98. The zero-order valence-corrected chi connectivity index (χ0v) is 13.1. The Morgan fingerprint density at radius 2 is 1.68 bits per heavy atom. The zero-order chi connectivity index (χ0) is 15.5. The largest absolute Gasteiger partial charge is 0.338 e. The molecule has 0 bridgehead atoms. The summed E-state index contributed by atoms with van der Waals surface area (Å²) in [6.07, 6.45) is 2.66. The van der Waals surface area contributed by atoms with Gasteiger partial charge in [0.15, 0.2) is 0 Å². The predicted molar refractivity (Wildman–Crippen MR) is 91.0 cm³/mol. The number of nitrogens with zero attached hydrogens (tertiary/aromatic N) is 1. The Balaban J connectivity index is 1.78. The van der Waals surface area contributed by atoms with E-state index < -0.39 is 0 Å².